The van der Waals surface area contributed by atoms with Crippen molar-refractivity contribution in [1.29, 1.82) is 0 Å². The Bertz CT molecular complexity index is 3040. The minimum absolute atomic E-state index is 0.0563. The van der Waals surface area contributed by atoms with Crippen molar-refractivity contribution >= 4 is 65.7 Å². The molecule has 78 heavy (non-hydrogen) atoms. The lowest BCUT2D eigenvalue weighted by Crippen LogP contribution is -2.61. The second-order valence-electron chi connectivity index (χ2n) is 20.6. The number of rotatable bonds is 18. The second-order valence-corrected chi connectivity index (χ2v) is 22.3. The minimum Gasteiger partial charge on any atom is -0.370 e. The van der Waals surface area contributed by atoms with E-state index >= 15 is 4.79 Å². The lowest BCUT2D eigenvalue weighted by atomic mass is 9.95. The fraction of sp³-hybridized carbons (Fsp3) is 0.400. The number of hydrogen-bond donors (Lipinski definition) is 8. The van der Waals surface area contributed by atoms with Gasteiger partial charge in [0.05, 0.1) is 6.04 Å². The largest absolute Gasteiger partial charge is 0.399 e. The Morgan fingerprint density at radius 2 is 1.46 bits per heavy atom. The number of nitrogens with zero attached hydrogens (tertiary/aromatic N) is 4. The number of piperidine rings is 1. The van der Waals surface area contributed by atoms with E-state index in [0.29, 0.717) is 44.7 Å². The van der Waals surface area contributed by atoms with Crippen molar-refractivity contribution in [3.8, 4) is 0 Å². The van der Waals surface area contributed by atoms with Crippen LogP contribution in [0.2, 0.25) is 0 Å². The molecule has 0 unspecified atom stereocenters. The Labute approximate surface area is 448 Å². The summed E-state index contributed by atoms with van der Waals surface area (Å²) in [6.45, 7) is 3.76. The molecule has 4 aromatic carbocycles. The molecular weight excluding hydrogens is 1030 g/mol. The van der Waals surface area contributed by atoms with Gasteiger partial charge in [-0.3, -0.25) is 48.4 Å². The average molecular weight is 1090 g/mol. The maximum absolute atomic E-state index is 15.1. The summed E-state index contributed by atoms with van der Waals surface area (Å²) in [5.41, 5.74) is 3.54. The van der Waals surface area contributed by atoms with Gasteiger partial charge in [-0.25, -0.2) is 4.79 Å². The number of primary amides is 1. The lowest BCUT2D eigenvalue weighted by molar-refractivity contribution is -0.144. The summed E-state index contributed by atoms with van der Waals surface area (Å²) in [5, 5.41) is 11.2. The van der Waals surface area contributed by atoms with Crippen LogP contribution in [0.4, 0.5) is 19.3 Å². The number of carbonyl (C=O) groups excluding carboxylic acids is 7. The van der Waals surface area contributed by atoms with Crippen LogP contribution < -0.4 is 31.9 Å². The topological polar surface area (TPSA) is 280 Å². The molecule has 0 saturated carbocycles. The number of urea groups is 1. The summed E-state index contributed by atoms with van der Waals surface area (Å²) in [5.74, 6) is -3.25. The molecule has 4 aliphatic rings. The third kappa shape index (κ3) is 12.8. The fourth-order valence-corrected chi connectivity index (χ4v) is 11.5. The summed E-state index contributed by atoms with van der Waals surface area (Å²) in [6.07, 6.45) is 2.76. The molecule has 4 saturated heterocycles. The van der Waals surface area contributed by atoms with Crippen LogP contribution in [0.15, 0.2) is 109 Å². The van der Waals surface area contributed by atoms with Crippen LogP contribution in [0, 0.1) is 5.92 Å². The molecule has 4 atom stereocenters. The molecule has 8 amide bonds. The van der Waals surface area contributed by atoms with Crippen LogP contribution in [-0.2, 0) is 40.7 Å². The van der Waals surface area contributed by atoms with Crippen LogP contribution in [0.3, 0.4) is 0 Å². The van der Waals surface area contributed by atoms with Gasteiger partial charge in [0.25, 0.3) is 5.91 Å². The summed E-state index contributed by atoms with van der Waals surface area (Å²) >= 11 is 0. The number of likely N-dealkylation sites (tertiary alicyclic amines) is 1. The first-order chi connectivity index (χ1) is 37.3. The Kier molecular flexibility index (Phi) is 16.8. The molecule has 9 rings (SSSR count). The van der Waals surface area contributed by atoms with Gasteiger partial charge in [-0.15, -0.1) is 0 Å². The number of nitrogens with one attached hydrogen (secondary N) is 5. The Balaban J connectivity index is 0.911. The molecule has 0 bridgehead atoms. The number of aromatic nitrogens is 1. The maximum Gasteiger partial charge on any atom is 0.399 e. The monoisotopic (exact) mass is 1090 g/mol. The standard InChI is InChI=1S/C55H63F2N10O10P/c56-55(57,78(75,76)77)39-13-17-42-38(29-39)30-44(59-42)51(71)61-45-33-65(32-35-21-25-64(26-22-35)31-34-11-14-40(15-12-34)66-28-24-48(69)62-54(66)74)27-23-41-16-19-46(67(41)53(45)73)52(72)60-43(18-20-47(58)68)50(70)63-49(36-7-3-1-4-8-36)37-9-5-2-6-10-37/h1-15,17,29-30,35,41,43,45-46,49,59H,16,18-28,31-33H2,(H2,58,68)(H,60,72)(H,61,71)(H,63,70)(H,62,69,74)(H2,75,76,77)/t41-,43+,45+,46+/m1/s1. The summed E-state index contributed by atoms with van der Waals surface area (Å²) in [4.78, 5) is 123. The van der Waals surface area contributed by atoms with E-state index in [0.717, 1.165) is 54.8 Å². The quantitative estimate of drug-likeness (QED) is 0.0561. The molecule has 0 radical (unpaired) electrons. The summed E-state index contributed by atoms with van der Waals surface area (Å²) in [7, 11) is -5.90. The SMILES string of the molecule is NC(=O)CC[C@H](NC(=O)[C@@H]1CC[C@@H]2CCN(CC3CCN(Cc4ccc(N5CCC(=O)NC5=O)cc4)CC3)C[C@H](NC(=O)c3cc4cc(C(F)(F)P(=O)(O)O)ccc4[nH]3)C(=O)N21)C(=O)NC(c1ccccc1)c1ccccc1. The van der Waals surface area contributed by atoms with E-state index in [2.05, 4.69) is 36.1 Å². The van der Waals surface area contributed by atoms with Gasteiger partial charge in [0, 0.05) is 73.8 Å². The van der Waals surface area contributed by atoms with Crippen LogP contribution >= 0.6 is 7.60 Å². The van der Waals surface area contributed by atoms with Crippen molar-refractivity contribution in [2.75, 3.05) is 44.2 Å². The third-order valence-corrected chi connectivity index (χ3v) is 16.2. The summed E-state index contributed by atoms with van der Waals surface area (Å²) in [6, 6.07) is 25.4. The van der Waals surface area contributed by atoms with Crippen LogP contribution in [0.1, 0.15) is 90.2 Å². The van der Waals surface area contributed by atoms with Gasteiger partial charge in [-0.1, -0.05) is 78.9 Å². The number of carbonyl (C=O) groups is 7. The number of fused-ring (bicyclic) bond motifs is 2. The second kappa shape index (κ2) is 23.7. The molecule has 0 aliphatic carbocycles. The molecule has 412 valence electrons. The average Bonchev–Trinajstić information content (AvgIpc) is 4.15. The van der Waals surface area contributed by atoms with Crippen molar-refractivity contribution < 1.29 is 56.7 Å². The molecule has 5 heterocycles. The predicted molar refractivity (Wildman–Crippen MR) is 283 cm³/mol. The van der Waals surface area contributed by atoms with Gasteiger partial charge >= 0.3 is 19.3 Å². The van der Waals surface area contributed by atoms with Crippen LogP contribution in [0.5, 0.6) is 0 Å². The van der Waals surface area contributed by atoms with E-state index < -0.39 is 84.6 Å². The maximum atomic E-state index is 15.1. The van der Waals surface area contributed by atoms with E-state index in [-0.39, 0.29) is 60.6 Å². The number of H-pyrrole nitrogens is 1. The number of alkyl halides is 2. The van der Waals surface area contributed by atoms with Gasteiger partial charge in [0.15, 0.2) is 0 Å². The van der Waals surface area contributed by atoms with Gasteiger partial charge in [-0.05, 0) is 105 Å². The fourth-order valence-electron chi connectivity index (χ4n) is 11.1. The first-order valence-electron chi connectivity index (χ1n) is 26.1. The Hall–Kier alpha value is -7.36. The van der Waals surface area contributed by atoms with E-state index in [1.54, 1.807) is 0 Å². The summed E-state index contributed by atoms with van der Waals surface area (Å²) < 4.78 is 41.2. The number of imide groups is 1. The molecule has 4 fully saturated rings. The molecule has 0 spiro atoms. The van der Waals surface area contributed by atoms with Crippen LogP contribution in [0.25, 0.3) is 10.9 Å². The number of nitrogens with two attached hydrogens (primary N) is 1. The normalized spacial score (nSPS) is 20.4. The van der Waals surface area contributed by atoms with E-state index in [9.17, 15) is 51.9 Å². The highest BCUT2D eigenvalue weighted by Crippen LogP contribution is 2.59. The lowest BCUT2D eigenvalue weighted by Gasteiger charge is -2.40. The number of amides is 8. The Morgan fingerprint density at radius 3 is 2.10 bits per heavy atom. The van der Waals surface area contributed by atoms with Gasteiger partial charge in [0.2, 0.25) is 29.5 Å². The highest BCUT2D eigenvalue weighted by Gasteiger charge is 2.51. The van der Waals surface area contributed by atoms with Crippen molar-refractivity contribution in [3.05, 3.63) is 137 Å². The highest BCUT2D eigenvalue weighted by molar-refractivity contribution is 7.52. The molecule has 4 aliphatic heterocycles. The number of hydrogen-bond acceptors (Lipinski definition) is 10. The third-order valence-electron chi connectivity index (χ3n) is 15.3. The number of halogens is 2. The molecule has 20 nitrogen and oxygen atoms in total. The van der Waals surface area contributed by atoms with E-state index in [1.165, 1.54) is 21.9 Å². The molecular formula is C55H63F2N10O10P. The van der Waals surface area contributed by atoms with Crippen LogP contribution in [-0.4, -0.2) is 134 Å². The predicted octanol–water partition coefficient (Wildman–Crippen LogP) is 4.57. The minimum atomic E-state index is -5.90. The number of benzene rings is 4. The Morgan fingerprint density at radius 1 is 0.795 bits per heavy atom. The first-order valence-corrected chi connectivity index (χ1v) is 27.8. The zero-order chi connectivity index (χ0) is 55.3. The van der Waals surface area contributed by atoms with Gasteiger partial charge < -0.3 is 46.3 Å². The number of aromatic amines is 1. The van der Waals surface area contributed by atoms with Crippen molar-refractivity contribution in [3.63, 3.8) is 0 Å². The van der Waals surface area contributed by atoms with Gasteiger partial charge in [-0.2, -0.15) is 8.78 Å². The molecule has 23 heteroatoms. The zero-order valence-corrected chi connectivity index (χ0v) is 43.6. The molecule has 9 N–H and O–H groups in total. The van der Waals surface area contributed by atoms with Gasteiger partial charge in [0.1, 0.15) is 23.8 Å². The van der Waals surface area contributed by atoms with Crippen molar-refractivity contribution in [2.45, 2.75) is 93.8 Å². The van der Waals surface area contributed by atoms with E-state index in [4.69, 9.17) is 5.73 Å². The van der Waals surface area contributed by atoms with Crippen molar-refractivity contribution in [1.82, 2.24) is 41.0 Å². The molecule has 5 aromatic rings. The highest BCUT2D eigenvalue weighted by atomic mass is 31.2. The zero-order valence-electron chi connectivity index (χ0n) is 42.7. The smallest absolute Gasteiger partial charge is 0.370 e. The number of anilines is 1. The van der Waals surface area contributed by atoms with Crippen molar-refractivity contribution in [2.24, 2.45) is 11.7 Å². The first kappa shape index (κ1) is 55.4. The molecule has 1 aromatic heterocycles. The van der Waals surface area contributed by atoms with E-state index in [1.807, 2.05) is 84.9 Å².